The molecule has 0 aliphatic heterocycles. The molecule has 69 heavy (non-hydrogen) atoms. The van der Waals surface area contributed by atoms with E-state index < -0.39 is 24.3 Å². The van der Waals surface area contributed by atoms with Gasteiger partial charge >= 0.3 is 17.9 Å². The predicted octanol–water partition coefficient (Wildman–Crippen LogP) is 16.2. The highest BCUT2D eigenvalue weighted by Crippen LogP contribution is 2.16. The van der Waals surface area contributed by atoms with Crippen LogP contribution in [-0.2, 0) is 33.3 Å². The molecule has 0 saturated heterocycles. The SMILES string of the molecule is CC/C=C\C/C=C\C/C=C\C/C=C\CCC(=O)OC(COC(=O)CCCCCCCCCCCCCCCCCCCCC/C=C\C/C=C\CCCCCCC)COC(OCC[N+](C)(C)C)C(=O)O. The van der Waals surface area contributed by atoms with Crippen molar-refractivity contribution in [2.24, 2.45) is 0 Å². The van der Waals surface area contributed by atoms with Crippen LogP contribution in [0.25, 0.3) is 0 Å². The first-order valence-corrected chi connectivity index (χ1v) is 28.1. The number of likely N-dealkylation sites (N-methyl/N-ethyl adjacent to an activating group) is 1. The average molecular weight is 970 g/mol. The van der Waals surface area contributed by atoms with Crippen molar-refractivity contribution in [3.63, 3.8) is 0 Å². The van der Waals surface area contributed by atoms with Gasteiger partial charge in [0.2, 0.25) is 0 Å². The van der Waals surface area contributed by atoms with Gasteiger partial charge in [-0.05, 0) is 70.6 Å². The van der Waals surface area contributed by atoms with E-state index in [4.69, 9.17) is 18.9 Å². The minimum Gasteiger partial charge on any atom is -0.477 e. The van der Waals surface area contributed by atoms with Gasteiger partial charge in [-0.3, -0.25) is 9.59 Å². The molecule has 0 bridgehead atoms. The van der Waals surface area contributed by atoms with Crippen LogP contribution in [0.5, 0.6) is 0 Å². The lowest BCUT2D eigenvalue weighted by Gasteiger charge is -2.25. The Hall–Kier alpha value is -3.27. The van der Waals surface area contributed by atoms with Crippen LogP contribution < -0.4 is 0 Å². The number of hydrogen-bond donors (Lipinski definition) is 1. The number of aliphatic carboxylic acids is 1. The number of nitrogens with zero attached hydrogens (tertiary/aromatic N) is 1. The summed E-state index contributed by atoms with van der Waals surface area (Å²) < 4.78 is 22.7. The molecule has 2 atom stereocenters. The predicted molar refractivity (Wildman–Crippen MR) is 290 cm³/mol. The van der Waals surface area contributed by atoms with Crippen LogP contribution >= 0.6 is 0 Å². The minimum absolute atomic E-state index is 0.138. The van der Waals surface area contributed by atoms with E-state index in [-0.39, 0.29) is 38.6 Å². The molecule has 0 aliphatic carbocycles. The molecule has 0 heterocycles. The highest BCUT2D eigenvalue weighted by Gasteiger charge is 2.25. The standard InChI is InChI=1S/C60H105NO8/c1-6-8-10-12-14-16-18-20-21-22-23-24-25-26-27-28-29-30-31-32-33-34-35-36-37-39-40-42-44-46-48-50-57(62)67-54-56(55-68-60(59(64)65)66-53-52-61(3,4)5)69-58(63)51-49-47-45-43-41-38-19-17-15-13-11-9-7-2/h9,11,15,17-18,20,22-23,38,41,45,47,56,60H,6-8,10,12-14,16,19,21,24-37,39-40,42-44,46,48-55H2,1-5H3/p+1/b11-9-,17-15-,20-18-,23-22-,41-38-,47-45-. The number of carbonyl (C=O) groups excluding carboxylic acids is 2. The van der Waals surface area contributed by atoms with Gasteiger partial charge in [-0.1, -0.05) is 222 Å². The van der Waals surface area contributed by atoms with Gasteiger partial charge in [-0.2, -0.15) is 0 Å². The molecule has 0 aromatic heterocycles. The maximum absolute atomic E-state index is 12.7. The van der Waals surface area contributed by atoms with E-state index in [9.17, 15) is 19.5 Å². The summed E-state index contributed by atoms with van der Waals surface area (Å²) in [5.74, 6) is -2.11. The monoisotopic (exact) mass is 969 g/mol. The maximum atomic E-state index is 12.7. The zero-order chi connectivity index (χ0) is 50.6. The Bertz CT molecular complexity index is 1360. The second-order valence-corrected chi connectivity index (χ2v) is 19.9. The molecule has 0 aliphatic rings. The lowest BCUT2D eigenvalue weighted by atomic mass is 10.0. The molecule has 0 amide bonds. The number of unbranched alkanes of at least 4 members (excludes halogenated alkanes) is 24. The van der Waals surface area contributed by atoms with E-state index >= 15 is 0 Å². The van der Waals surface area contributed by atoms with Crippen molar-refractivity contribution in [1.29, 1.82) is 0 Å². The zero-order valence-corrected chi connectivity index (χ0v) is 45.2. The summed E-state index contributed by atoms with van der Waals surface area (Å²) in [6, 6.07) is 0. The first kappa shape index (κ1) is 65.7. The Morgan fingerprint density at radius 3 is 1.29 bits per heavy atom. The summed E-state index contributed by atoms with van der Waals surface area (Å²) >= 11 is 0. The largest absolute Gasteiger partial charge is 0.477 e. The molecule has 2 unspecified atom stereocenters. The van der Waals surface area contributed by atoms with Gasteiger partial charge < -0.3 is 28.5 Å². The van der Waals surface area contributed by atoms with Crippen molar-refractivity contribution in [3.8, 4) is 0 Å². The van der Waals surface area contributed by atoms with E-state index in [1.165, 1.54) is 148 Å². The van der Waals surface area contributed by atoms with E-state index in [2.05, 4.69) is 74.6 Å². The van der Waals surface area contributed by atoms with Crippen LogP contribution in [-0.4, -0.2) is 87.4 Å². The number of carboxylic acids is 1. The minimum atomic E-state index is -1.53. The van der Waals surface area contributed by atoms with E-state index in [0.29, 0.717) is 17.4 Å². The van der Waals surface area contributed by atoms with Gasteiger partial charge in [0.15, 0.2) is 6.10 Å². The number of quaternary nitrogens is 1. The van der Waals surface area contributed by atoms with Gasteiger partial charge in [-0.25, -0.2) is 4.79 Å². The first-order chi connectivity index (χ1) is 33.6. The Morgan fingerprint density at radius 1 is 0.449 bits per heavy atom. The third-order valence-electron chi connectivity index (χ3n) is 12.0. The number of carbonyl (C=O) groups is 3. The third kappa shape index (κ3) is 52.4. The van der Waals surface area contributed by atoms with Gasteiger partial charge in [0.1, 0.15) is 13.2 Å². The fourth-order valence-corrected chi connectivity index (χ4v) is 7.65. The Kier molecular flexibility index (Phi) is 48.7. The smallest absolute Gasteiger partial charge is 0.361 e. The van der Waals surface area contributed by atoms with E-state index in [1.54, 1.807) is 0 Å². The number of ether oxygens (including phenoxy) is 4. The quantitative estimate of drug-likeness (QED) is 0.0211. The summed E-state index contributed by atoms with van der Waals surface area (Å²) in [6.45, 7) is 4.67. The highest BCUT2D eigenvalue weighted by atomic mass is 16.7. The molecular formula is C60H106NO8+. The molecule has 398 valence electrons. The van der Waals surface area contributed by atoms with E-state index in [1.807, 2.05) is 33.3 Å². The van der Waals surface area contributed by atoms with Gasteiger partial charge in [0.05, 0.1) is 34.4 Å². The van der Waals surface area contributed by atoms with Crippen molar-refractivity contribution in [1.82, 2.24) is 0 Å². The van der Waals surface area contributed by atoms with Crippen LogP contribution in [0.15, 0.2) is 72.9 Å². The molecule has 9 heteroatoms. The van der Waals surface area contributed by atoms with Crippen LogP contribution in [0.3, 0.4) is 0 Å². The number of allylic oxidation sites excluding steroid dienone is 12. The van der Waals surface area contributed by atoms with Crippen LogP contribution in [0.2, 0.25) is 0 Å². The van der Waals surface area contributed by atoms with Crippen LogP contribution in [0, 0.1) is 0 Å². The first-order valence-electron chi connectivity index (χ1n) is 28.1. The highest BCUT2D eigenvalue weighted by molar-refractivity contribution is 5.71. The third-order valence-corrected chi connectivity index (χ3v) is 12.0. The molecule has 0 aromatic rings. The number of hydrogen-bond acceptors (Lipinski definition) is 7. The summed E-state index contributed by atoms with van der Waals surface area (Å²) in [6.07, 6.45) is 63.1. The van der Waals surface area contributed by atoms with Crippen LogP contribution in [0.1, 0.15) is 232 Å². The van der Waals surface area contributed by atoms with Crippen molar-refractivity contribution in [2.75, 3.05) is 47.5 Å². The number of carboxylic acid groups (broad SMARTS) is 1. The van der Waals surface area contributed by atoms with Crippen molar-refractivity contribution < 1.29 is 42.9 Å². The number of rotatable bonds is 51. The second kappa shape index (κ2) is 51.1. The van der Waals surface area contributed by atoms with Crippen molar-refractivity contribution in [2.45, 2.75) is 245 Å². The Balaban J connectivity index is 4.12. The number of esters is 2. The summed E-state index contributed by atoms with van der Waals surface area (Å²) in [7, 11) is 5.94. The molecule has 0 fully saturated rings. The fourth-order valence-electron chi connectivity index (χ4n) is 7.65. The lowest BCUT2D eigenvalue weighted by molar-refractivity contribution is -0.870. The molecule has 0 rings (SSSR count). The van der Waals surface area contributed by atoms with Crippen LogP contribution in [0.4, 0.5) is 0 Å². The van der Waals surface area contributed by atoms with Gasteiger partial charge in [0.25, 0.3) is 6.29 Å². The summed E-state index contributed by atoms with van der Waals surface area (Å²) in [4.78, 5) is 37.2. The molecule has 0 spiro atoms. The van der Waals surface area contributed by atoms with Gasteiger partial charge in [0, 0.05) is 12.8 Å². The summed E-state index contributed by atoms with van der Waals surface area (Å²) in [5.41, 5.74) is 0. The lowest BCUT2D eigenvalue weighted by Crippen LogP contribution is -2.40. The maximum Gasteiger partial charge on any atom is 0.361 e. The van der Waals surface area contributed by atoms with Gasteiger partial charge in [-0.15, -0.1) is 0 Å². The topological polar surface area (TPSA) is 108 Å². The normalized spacial score (nSPS) is 13.3. The summed E-state index contributed by atoms with van der Waals surface area (Å²) in [5, 5.41) is 9.66. The van der Waals surface area contributed by atoms with Crippen molar-refractivity contribution >= 4 is 17.9 Å². The molecule has 0 radical (unpaired) electrons. The Morgan fingerprint density at radius 2 is 0.855 bits per heavy atom. The second-order valence-electron chi connectivity index (χ2n) is 19.9. The molecule has 0 aromatic carbocycles. The molecule has 0 saturated carbocycles. The molecule has 1 N–H and O–H groups in total. The zero-order valence-electron chi connectivity index (χ0n) is 45.2. The fraction of sp³-hybridized carbons (Fsp3) is 0.750. The van der Waals surface area contributed by atoms with E-state index in [0.717, 1.165) is 51.4 Å². The average Bonchev–Trinajstić information content (AvgIpc) is 3.31. The molecule has 9 nitrogen and oxygen atoms in total. The molecular weight excluding hydrogens is 863 g/mol. The van der Waals surface area contributed by atoms with Crippen molar-refractivity contribution in [3.05, 3.63) is 72.9 Å². The Labute approximate surface area is 424 Å².